The van der Waals surface area contributed by atoms with Gasteiger partial charge in [0.05, 0.1) is 35.0 Å². The van der Waals surface area contributed by atoms with Crippen LogP contribution < -0.4 is 0 Å². The smallest absolute Gasteiger partial charge is 0.110 e. The maximum atomic E-state index is 9.51. The van der Waals surface area contributed by atoms with Crippen molar-refractivity contribution in [2.24, 2.45) is 5.92 Å². The lowest BCUT2D eigenvalue weighted by atomic mass is 9.93. The van der Waals surface area contributed by atoms with Gasteiger partial charge in [0.2, 0.25) is 0 Å². The monoisotopic (exact) mass is 430 g/mol. The summed E-state index contributed by atoms with van der Waals surface area (Å²) in [6.45, 7) is 2.97. The number of nitriles is 1. The fraction of sp³-hybridized carbons (Fsp3) is 0.593. The molecule has 2 fully saturated rings. The van der Waals surface area contributed by atoms with Gasteiger partial charge < -0.3 is 9.30 Å². The Bertz CT molecular complexity index is 1120. The fourth-order valence-electron chi connectivity index (χ4n) is 5.82. The van der Waals surface area contributed by atoms with Crippen LogP contribution in [0.5, 0.6) is 0 Å². The van der Waals surface area contributed by atoms with Crippen LogP contribution in [0.4, 0.5) is 0 Å². The Morgan fingerprint density at radius 3 is 2.59 bits per heavy atom. The summed E-state index contributed by atoms with van der Waals surface area (Å²) in [6.07, 6.45) is 16.1. The summed E-state index contributed by atoms with van der Waals surface area (Å²) in [4.78, 5) is 9.84. The molecule has 0 bridgehead atoms. The second-order valence-corrected chi connectivity index (χ2v) is 9.86. The molecule has 5 rings (SSSR count). The van der Waals surface area contributed by atoms with Crippen LogP contribution in [-0.4, -0.2) is 27.2 Å². The summed E-state index contributed by atoms with van der Waals surface area (Å²) in [6, 6.07) is 8.51. The summed E-state index contributed by atoms with van der Waals surface area (Å²) in [5.41, 5.74) is 3.73. The molecule has 1 aromatic carbocycles. The second kappa shape index (κ2) is 9.58. The number of benzene rings is 1. The van der Waals surface area contributed by atoms with Crippen molar-refractivity contribution in [2.75, 3.05) is 6.61 Å². The van der Waals surface area contributed by atoms with Crippen molar-refractivity contribution < 1.29 is 4.74 Å². The largest absolute Gasteiger partial charge is 0.378 e. The van der Waals surface area contributed by atoms with Crippen LogP contribution in [-0.2, 0) is 11.2 Å². The number of imidazole rings is 1. The van der Waals surface area contributed by atoms with Gasteiger partial charge >= 0.3 is 0 Å². The molecule has 1 saturated heterocycles. The summed E-state index contributed by atoms with van der Waals surface area (Å²) in [7, 11) is 0. The van der Waals surface area contributed by atoms with Gasteiger partial charge in [-0.2, -0.15) is 5.26 Å². The van der Waals surface area contributed by atoms with Crippen LogP contribution in [0, 0.1) is 17.2 Å². The minimum atomic E-state index is 0.256. The van der Waals surface area contributed by atoms with E-state index in [1.54, 1.807) is 0 Å². The van der Waals surface area contributed by atoms with Crippen molar-refractivity contribution in [3.63, 3.8) is 0 Å². The van der Waals surface area contributed by atoms with Gasteiger partial charge in [-0.25, -0.2) is 4.98 Å². The third-order valence-corrected chi connectivity index (χ3v) is 7.49. The number of pyridine rings is 1. The number of aromatic nitrogens is 3. The maximum absolute atomic E-state index is 9.51. The highest BCUT2D eigenvalue weighted by atomic mass is 16.5. The molecule has 3 heterocycles. The minimum Gasteiger partial charge on any atom is -0.378 e. The molecule has 2 atom stereocenters. The molecule has 0 amide bonds. The SMILES string of the molecule is CC1CC(n2c(CC3CCCCCCCC3)nc3cnc4ccc(C#N)cc4c32)CCO1. The normalized spacial score (nSPS) is 23.5. The van der Waals surface area contributed by atoms with Gasteiger partial charge in [-0.3, -0.25) is 4.98 Å². The van der Waals surface area contributed by atoms with Crippen LogP contribution in [0.25, 0.3) is 21.9 Å². The van der Waals surface area contributed by atoms with Crippen LogP contribution in [0.1, 0.15) is 88.6 Å². The Morgan fingerprint density at radius 1 is 1.06 bits per heavy atom. The number of ether oxygens (including phenoxy) is 1. The summed E-state index contributed by atoms with van der Waals surface area (Å²) < 4.78 is 8.41. The van der Waals surface area contributed by atoms with Gasteiger partial charge in [-0.05, 0) is 43.9 Å². The first kappa shape index (κ1) is 21.4. The van der Waals surface area contributed by atoms with Crippen molar-refractivity contribution in [3.8, 4) is 6.07 Å². The number of rotatable bonds is 3. The first-order chi connectivity index (χ1) is 15.7. The lowest BCUT2D eigenvalue weighted by Gasteiger charge is -2.30. The Kier molecular flexibility index (Phi) is 6.41. The third-order valence-electron chi connectivity index (χ3n) is 7.49. The molecule has 0 radical (unpaired) electrons. The maximum Gasteiger partial charge on any atom is 0.110 e. The molecule has 1 aliphatic heterocycles. The van der Waals surface area contributed by atoms with Crippen LogP contribution in [0.3, 0.4) is 0 Å². The van der Waals surface area contributed by atoms with Crippen molar-refractivity contribution in [1.29, 1.82) is 5.26 Å². The summed E-state index contributed by atoms with van der Waals surface area (Å²) in [5.74, 6) is 1.91. The molecule has 5 heteroatoms. The molecule has 1 saturated carbocycles. The standard InChI is InChI=1S/C27H34N4O/c1-19-14-22(12-13-32-19)31-26(16-20-8-6-4-2-3-5-7-9-20)30-25-18-29-24-11-10-21(17-28)15-23(24)27(25)31/h10-11,15,18-20,22H,2-9,12-14,16H2,1H3. The second-order valence-electron chi connectivity index (χ2n) is 9.86. The molecule has 1 aliphatic carbocycles. The Morgan fingerprint density at radius 2 is 1.84 bits per heavy atom. The van der Waals surface area contributed by atoms with E-state index in [0.29, 0.717) is 17.5 Å². The van der Waals surface area contributed by atoms with Gasteiger partial charge in [0, 0.05) is 24.5 Å². The average molecular weight is 431 g/mol. The van der Waals surface area contributed by atoms with Gasteiger partial charge in [-0.15, -0.1) is 0 Å². The highest BCUT2D eigenvalue weighted by Gasteiger charge is 2.27. The molecule has 2 unspecified atom stereocenters. The molecule has 32 heavy (non-hydrogen) atoms. The molecule has 2 aromatic heterocycles. The van der Waals surface area contributed by atoms with E-state index >= 15 is 0 Å². The molecule has 0 spiro atoms. The van der Waals surface area contributed by atoms with Gasteiger partial charge in [0.15, 0.2) is 0 Å². The molecular formula is C27H34N4O. The number of nitrogens with zero attached hydrogens (tertiary/aromatic N) is 4. The fourth-order valence-corrected chi connectivity index (χ4v) is 5.82. The Balaban J connectivity index is 1.61. The predicted octanol–water partition coefficient (Wildman–Crippen LogP) is 6.49. The van der Waals surface area contributed by atoms with Crippen LogP contribution in [0.15, 0.2) is 24.4 Å². The third kappa shape index (κ3) is 4.38. The average Bonchev–Trinajstić information content (AvgIpc) is 3.23. The molecule has 2 aliphatic rings. The van der Waals surface area contributed by atoms with Crippen molar-refractivity contribution in [1.82, 2.24) is 14.5 Å². The van der Waals surface area contributed by atoms with E-state index in [4.69, 9.17) is 9.72 Å². The molecular weight excluding hydrogens is 396 g/mol. The van der Waals surface area contributed by atoms with E-state index in [2.05, 4.69) is 22.5 Å². The predicted molar refractivity (Wildman–Crippen MR) is 128 cm³/mol. The highest BCUT2D eigenvalue weighted by Crippen LogP contribution is 2.35. The van der Waals surface area contributed by atoms with Crippen LogP contribution in [0.2, 0.25) is 0 Å². The first-order valence-electron chi connectivity index (χ1n) is 12.5. The van der Waals surface area contributed by atoms with Gasteiger partial charge in [0.1, 0.15) is 11.3 Å². The summed E-state index contributed by atoms with van der Waals surface area (Å²) >= 11 is 0. The van der Waals surface area contributed by atoms with E-state index in [0.717, 1.165) is 47.8 Å². The van der Waals surface area contributed by atoms with Crippen LogP contribution >= 0.6 is 0 Å². The lowest BCUT2D eigenvalue weighted by molar-refractivity contribution is 0.00615. The van der Waals surface area contributed by atoms with E-state index in [1.165, 1.54) is 57.2 Å². The van der Waals surface area contributed by atoms with Crippen molar-refractivity contribution >= 4 is 21.9 Å². The molecule has 168 valence electrons. The van der Waals surface area contributed by atoms with Crippen molar-refractivity contribution in [3.05, 3.63) is 35.8 Å². The zero-order valence-corrected chi connectivity index (χ0v) is 19.2. The van der Waals surface area contributed by atoms with Gasteiger partial charge in [-0.1, -0.05) is 51.4 Å². The van der Waals surface area contributed by atoms with E-state index in [1.807, 2.05) is 24.4 Å². The zero-order chi connectivity index (χ0) is 21.9. The first-order valence-corrected chi connectivity index (χ1v) is 12.5. The number of hydrogen-bond acceptors (Lipinski definition) is 4. The van der Waals surface area contributed by atoms with Crippen molar-refractivity contribution in [2.45, 2.75) is 89.7 Å². The van der Waals surface area contributed by atoms with Gasteiger partial charge in [0.25, 0.3) is 0 Å². The number of fused-ring (bicyclic) bond motifs is 3. The Labute approximate surface area is 190 Å². The highest BCUT2D eigenvalue weighted by molar-refractivity contribution is 6.02. The molecule has 3 aromatic rings. The topological polar surface area (TPSA) is 63.7 Å². The molecule has 0 N–H and O–H groups in total. The van der Waals surface area contributed by atoms with E-state index in [-0.39, 0.29) is 6.10 Å². The zero-order valence-electron chi connectivity index (χ0n) is 19.2. The Hall–Kier alpha value is -2.45. The quantitative estimate of drug-likeness (QED) is 0.476. The van der Waals surface area contributed by atoms with E-state index in [9.17, 15) is 5.26 Å². The van der Waals surface area contributed by atoms with E-state index < -0.39 is 0 Å². The minimum absolute atomic E-state index is 0.256. The number of hydrogen-bond donors (Lipinski definition) is 0. The summed E-state index contributed by atoms with van der Waals surface area (Å²) in [5, 5.41) is 10.6. The lowest BCUT2D eigenvalue weighted by Crippen LogP contribution is -2.27. The molecule has 5 nitrogen and oxygen atoms in total.